The quantitative estimate of drug-likeness (QED) is 0.761. The van der Waals surface area contributed by atoms with Gasteiger partial charge in [-0.25, -0.2) is 9.78 Å². The summed E-state index contributed by atoms with van der Waals surface area (Å²) in [6.45, 7) is 2.70. The maximum Gasteiger partial charge on any atom is 0.337 e. The highest BCUT2D eigenvalue weighted by Gasteiger charge is 2.09. The molecule has 1 N–H and O–H groups in total. The molecule has 1 aromatic rings. The predicted molar refractivity (Wildman–Crippen MR) is 65.8 cm³/mol. The largest absolute Gasteiger partial charge is 0.478 e. The van der Waals surface area contributed by atoms with Crippen molar-refractivity contribution >= 4 is 17.6 Å². The van der Waals surface area contributed by atoms with Gasteiger partial charge < -0.3 is 9.84 Å². The third kappa shape index (κ3) is 4.61. The Morgan fingerprint density at radius 2 is 2.24 bits per heavy atom. The Balaban J connectivity index is 2.46. The molecule has 17 heavy (non-hydrogen) atoms. The number of nitrogens with zero attached hydrogens (tertiary/aromatic N) is 1. The van der Waals surface area contributed by atoms with Crippen molar-refractivity contribution in [1.82, 2.24) is 4.98 Å². The molecule has 0 radical (unpaired) electrons. The van der Waals surface area contributed by atoms with Crippen LogP contribution in [0.3, 0.4) is 0 Å². The molecule has 1 heterocycles. The van der Waals surface area contributed by atoms with Crippen molar-refractivity contribution in [2.75, 3.05) is 6.61 Å². The van der Waals surface area contributed by atoms with Gasteiger partial charge >= 0.3 is 5.97 Å². The first-order chi connectivity index (χ1) is 8.15. The fraction of sp³-hybridized carbons (Fsp3) is 0.500. The molecule has 0 aromatic carbocycles. The van der Waals surface area contributed by atoms with Gasteiger partial charge in [0.1, 0.15) is 5.02 Å². The first-order valence-electron chi connectivity index (χ1n) is 5.66. The number of unbranched alkanes of at least 4 members (excludes halogenated alkanes) is 3. The SMILES string of the molecule is CCCCCCOc1ncc(C(=O)O)cc1Cl. The molecule has 0 atom stereocenters. The Labute approximate surface area is 106 Å². The van der Waals surface area contributed by atoms with Crippen LogP contribution in [0.15, 0.2) is 12.3 Å². The molecule has 0 aliphatic heterocycles. The minimum absolute atomic E-state index is 0.0633. The zero-order valence-corrected chi connectivity index (χ0v) is 10.5. The Bertz CT molecular complexity index is 382. The van der Waals surface area contributed by atoms with Crippen molar-refractivity contribution in [2.24, 2.45) is 0 Å². The molecule has 0 bridgehead atoms. The molecule has 0 fully saturated rings. The van der Waals surface area contributed by atoms with E-state index in [0.29, 0.717) is 12.5 Å². The molecule has 0 amide bonds. The second-order valence-electron chi connectivity index (χ2n) is 3.73. The van der Waals surface area contributed by atoms with E-state index in [1.807, 2.05) is 0 Å². The number of carboxylic acid groups (broad SMARTS) is 1. The number of halogens is 1. The zero-order chi connectivity index (χ0) is 12.7. The lowest BCUT2D eigenvalue weighted by Crippen LogP contribution is -2.02. The van der Waals surface area contributed by atoms with E-state index >= 15 is 0 Å². The highest BCUT2D eigenvalue weighted by Crippen LogP contribution is 2.22. The van der Waals surface area contributed by atoms with Crippen LogP contribution in [0.5, 0.6) is 5.88 Å². The summed E-state index contributed by atoms with van der Waals surface area (Å²) < 4.78 is 5.38. The molecule has 0 unspecified atom stereocenters. The minimum Gasteiger partial charge on any atom is -0.478 e. The average Bonchev–Trinajstić information content (AvgIpc) is 2.30. The standard InChI is InChI=1S/C12H16ClNO3/c1-2-3-4-5-6-17-11-10(13)7-9(8-14-11)12(15)16/h7-8H,2-6H2,1H3,(H,15,16). The number of ether oxygens (including phenoxy) is 1. The van der Waals surface area contributed by atoms with Gasteiger partial charge in [0.15, 0.2) is 0 Å². The average molecular weight is 258 g/mol. The van der Waals surface area contributed by atoms with E-state index in [2.05, 4.69) is 11.9 Å². The maximum atomic E-state index is 10.7. The monoisotopic (exact) mass is 257 g/mol. The molecule has 1 aromatic heterocycles. The summed E-state index contributed by atoms with van der Waals surface area (Å²) >= 11 is 5.86. The molecule has 5 heteroatoms. The van der Waals surface area contributed by atoms with Gasteiger partial charge in [-0.2, -0.15) is 0 Å². The van der Waals surface area contributed by atoms with Crippen molar-refractivity contribution in [3.8, 4) is 5.88 Å². The van der Waals surface area contributed by atoms with E-state index < -0.39 is 5.97 Å². The Morgan fingerprint density at radius 1 is 1.47 bits per heavy atom. The maximum absolute atomic E-state index is 10.7. The van der Waals surface area contributed by atoms with Gasteiger partial charge in [-0.05, 0) is 12.5 Å². The van der Waals surface area contributed by atoms with Crippen LogP contribution in [0, 0.1) is 0 Å². The third-order valence-electron chi connectivity index (χ3n) is 2.29. The number of aromatic nitrogens is 1. The number of carboxylic acids is 1. The molecule has 0 aliphatic carbocycles. The first kappa shape index (κ1) is 13.8. The molecule has 0 saturated heterocycles. The van der Waals surface area contributed by atoms with Crippen LogP contribution < -0.4 is 4.74 Å². The summed E-state index contributed by atoms with van der Waals surface area (Å²) in [5.74, 6) is -0.748. The number of hydrogen-bond acceptors (Lipinski definition) is 3. The summed E-state index contributed by atoms with van der Waals surface area (Å²) in [7, 11) is 0. The van der Waals surface area contributed by atoms with Crippen LogP contribution >= 0.6 is 11.6 Å². The van der Waals surface area contributed by atoms with Crippen molar-refractivity contribution < 1.29 is 14.6 Å². The fourth-order valence-electron chi connectivity index (χ4n) is 1.35. The van der Waals surface area contributed by atoms with Gasteiger partial charge in [0, 0.05) is 6.20 Å². The van der Waals surface area contributed by atoms with Gasteiger partial charge in [0.05, 0.1) is 12.2 Å². The van der Waals surface area contributed by atoms with Gasteiger partial charge in [-0.15, -0.1) is 0 Å². The summed E-state index contributed by atoms with van der Waals surface area (Å²) in [6.07, 6.45) is 5.66. The minimum atomic E-state index is -1.05. The lowest BCUT2D eigenvalue weighted by Gasteiger charge is -2.06. The lowest BCUT2D eigenvalue weighted by molar-refractivity contribution is 0.0696. The van der Waals surface area contributed by atoms with Crippen LogP contribution in [-0.2, 0) is 0 Å². The number of pyridine rings is 1. The summed E-state index contributed by atoms with van der Waals surface area (Å²) in [6, 6.07) is 1.35. The van der Waals surface area contributed by atoms with Crippen molar-refractivity contribution in [2.45, 2.75) is 32.6 Å². The second kappa shape index (κ2) is 7.12. The van der Waals surface area contributed by atoms with Crippen LogP contribution in [-0.4, -0.2) is 22.7 Å². The van der Waals surface area contributed by atoms with Gasteiger partial charge in [-0.1, -0.05) is 37.8 Å². The summed E-state index contributed by atoms with van der Waals surface area (Å²) in [5.41, 5.74) is 0.0633. The smallest absolute Gasteiger partial charge is 0.337 e. The Morgan fingerprint density at radius 3 is 2.82 bits per heavy atom. The zero-order valence-electron chi connectivity index (χ0n) is 9.78. The Kier molecular flexibility index (Phi) is 5.77. The van der Waals surface area contributed by atoms with Crippen LogP contribution in [0.1, 0.15) is 43.0 Å². The first-order valence-corrected chi connectivity index (χ1v) is 6.04. The normalized spacial score (nSPS) is 10.2. The molecule has 0 aliphatic rings. The lowest BCUT2D eigenvalue weighted by atomic mass is 10.2. The van der Waals surface area contributed by atoms with E-state index in [1.54, 1.807) is 0 Å². The number of aromatic carboxylic acids is 1. The van der Waals surface area contributed by atoms with Gasteiger partial charge in [0.2, 0.25) is 5.88 Å². The molecule has 1 rings (SSSR count). The molecule has 94 valence electrons. The van der Waals surface area contributed by atoms with E-state index in [4.69, 9.17) is 21.4 Å². The van der Waals surface area contributed by atoms with E-state index in [1.165, 1.54) is 25.1 Å². The number of rotatable bonds is 7. The highest BCUT2D eigenvalue weighted by molar-refractivity contribution is 6.32. The number of hydrogen-bond donors (Lipinski definition) is 1. The molecule has 0 spiro atoms. The van der Waals surface area contributed by atoms with Crippen LogP contribution in [0.25, 0.3) is 0 Å². The van der Waals surface area contributed by atoms with E-state index in [-0.39, 0.29) is 10.6 Å². The molecular weight excluding hydrogens is 242 g/mol. The summed E-state index contributed by atoms with van der Waals surface area (Å²) in [5, 5.41) is 8.97. The Hall–Kier alpha value is -1.29. The summed E-state index contributed by atoms with van der Waals surface area (Å²) in [4.78, 5) is 14.5. The van der Waals surface area contributed by atoms with Crippen molar-refractivity contribution in [3.63, 3.8) is 0 Å². The molecule has 4 nitrogen and oxygen atoms in total. The van der Waals surface area contributed by atoms with Gasteiger partial charge in [0.25, 0.3) is 0 Å². The topological polar surface area (TPSA) is 59.4 Å². The molecule has 0 saturated carbocycles. The van der Waals surface area contributed by atoms with Crippen molar-refractivity contribution in [1.29, 1.82) is 0 Å². The number of carbonyl (C=O) groups is 1. The second-order valence-corrected chi connectivity index (χ2v) is 4.13. The molecular formula is C12H16ClNO3. The van der Waals surface area contributed by atoms with E-state index in [9.17, 15) is 4.79 Å². The predicted octanol–water partition coefficient (Wildman–Crippen LogP) is 3.39. The van der Waals surface area contributed by atoms with E-state index in [0.717, 1.165) is 12.8 Å². The van der Waals surface area contributed by atoms with Gasteiger partial charge in [-0.3, -0.25) is 0 Å². The highest BCUT2D eigenvalue weighted by atomic mass is 35.5. The fourth-order valence-corrected chi connectivity index (χ4v) is 1.57. The van der Waals surface area contributed by atoms with Crippen LogP contribution in [0.2, 0.25) is 5.02 Å². The van der Waals surface area contributed by atoms with Crippen molar-refractivity contribution in [3.05, 3.63) is 22.8 Å². The third-order valence-corrected chi connectivity index (χ3v) is 2.56. The van der Waals surface area contributed by atoms with Crippen LogP contribution in [0.4, 0.5) is 0 Å².